The maximum absolute atomic E-state index is 13.3. The third kappa shape index (κ3) is 6.22. The second-order valence-electron chi connectivity index (χ2n) is 8.30. The first kappa shape index (κ1) is 22.1. The predicted molar refractivity (Wildman–Crippen MR) is 118 cm³/mol. The Morgan fingerprint density at radius 2 is 1.80 bits per heavy atom. The second-order valence-corrected chi connectivity index (χ2v) is 8.30. The molecule has 1 heterocycles. The van der Waals surface area contributed by atoms with E-state index in [1.165, 1.54) is 5.56 Å². The molecule has 0 radical (unpaired) electrons. The van der Waals surface area contributed by atoms with Gasteiger partial charge in [-0.1, -0.05) is 50.1 Å². The van der Waals surface area contributed by atoms with Gasteiger partial charge in [-0.05, 0) is 50.3 Å². The smallest absolute Gasteiger partial charge is 0.242 e. The van der Waals surface area contributed by atoms with Crippen molar-refractivity contribution in [2.45, 2.75) is 58.9 Å². The van der Waals surface area contributed by atoms with Crippen LogP contribution >= 0.6 is 0 Å². The van der Waals surface area contributed by atoms with Crippen molar-refractivity contribution in [3.05, 3.63) is 59.5 Å². The molecule has 162 valence electrons. The lowest BCUT2D eigenvalue weighted by atomic mass is 9.84. The molecule has 1 aromatic carbocycles. The Kier molecular flexibility index (Phi) is 8.12. The molecule has 0 spiro atoms. The number of hydrogen-bond acceptors (Lipinski definition) is 3. The van der Waals surface area contributed by atoms with Crippen molar-refractivity contribution in [2.24, 2.45) is 5.92 Å². The van der Waals surface area contributed by atoms with Gasteiger partial charge in [0.2, 0.25) is 11.8 Å². The molecule has 0 saturated heterocycles. The number of aryl methyl sites for hydroxylation is 1. The Morgan fingerprint density at radius 1 is 1.03 bits per heavy atom. The molecule has 1 fully saturated rings. The van der Waals surface area contributed by atoms with Crippen LogP contribution in [0.5, 0.6) is 0 Å². The number of hydrogen-bond donors (Lipinski definition) is 0. The van der Waals surface area contributed by atoms with Crippen molar-refractivity contribution in [1.82, 2.24) is 9.80 Å². The molecule has 3 rings (SSSR count). The zero-order chi connectivity index (χ0) is 21.3. The largest absolute Gasteiger partial charge is 0.464 e. The summed E-state index contributed by atoms with van der Waals surface area (Å²) in [7, 11) is 0. The van der Waals surface area contributed by atoms with Crippen LogP contribution < -0.4 is 0 Å². The van der Waals surface area contributed by atoms with E-state index in [0.717, 1.165) is 50.0 Å². The van der Waals surface area contributed by atoms with E-state index in [0.29, 0.717) is 19.6 Å². The van der Waals surface area contributed by atoms with Crippen LogP contribution in [0.25, 0.3) is 0 Å². The van der Waals surface area contributed by atoms with Crippen molar-refractivity contribution >= 4 is 11.8 Å². The number of amides is 2. The van der Waals surface area contributed by atoms with E-state index >= 15 is 0 Å². The molecule has 0 N–H and O–H groups in total. The Hall–Kier alpha value is -2.56. The zero-order valence-corrected chi connectivity index (χ0v) is 18.3. The Balaban J connectivity index is 1.68. The SMILES string of the molecule is CCCCN(CC(=O)N(CCc1ccccc1)Cc1ccc(C)o1)C(=O)C1CCC1. The third-order valence-electron chi connectivity index (χ3n) is 5.88. The molecule has 0 atom stereocenters. The molecule has 0 aliphatic heterocycles. The minimum atomic E-state index is -0.0104. The highest BCUT2D eigenvalue weighted by molar-refractivity contribution is 5.86. The molecular weight excluding hydrogens is 376 g/mol. The number of carbonyl (C=O) groups is 2. The summed E-state index contributed by atoms with van der Waals surface area (Å²) in [5.41, 5.74) is 1.19. The molecule has 1 aliphatic carbocycles. The van der Waals surface area contributed by atoms with Gasteiger partial charge in [-0.15, -0.1) is 0 Å². The fraction of sp³-hybridized carbons (Fsp3) is 0.520. The van der Waals surface area contributed by atoms with Crippen LogP contribution in [0.4, 0.5) is 0 Å². The van der Waals surface area contributed by atoms with Gasteiger partial charge in [0, 0.05) is 19.0 Å². The van der Waals surface area contributed by atoms with Crippen LogP contribution in [0.3, 0.4) is 0 Å². The average molecular weight is 411 g/mol. The summed E-state index contributed by atoms with van der Waals surface area (Å²) >= 11 is 0. The monoisotopic (exact) mass is 410 g/mol. The summed E-state index contributed by atoms with van der Waals surface area (Å²) in [4.78, 5) is 29.8. The van der Waals surface area contributed by atoms with E-state index in [9.17, 15) is 9.59 Å². The van der Waals surface area contributed by atoms with Crippen LogP contribution in [0.2, 0.25) is 0 Å². The Bertz CT molecular complexity index is 811. The van der Waals surface area contributed by atoms with Gasteiger partial charge >= 0.3 is 0 Å². The van der Waals surface area contributed by atoms with Gasteiger partial charge in [0.05, 0.1) is 13.1 Å². The summed E-state index contributed by atoms with van der Waals surface area (Å²) in [6.07, 6.45) is 5.74. The fourth-order valence-corrected chi connectivity index (χ4v) is 3.75. The van der Waals surface area contributed by atoms with Crippen LogP contribution in [0.1, 0.15) is 56.1 Å². The normalized spacial score (nSPS) is 13.7. The first-order valence-corrected chi connectivity index (χ1v) is 11.2. The highest BCUT2D eigenvalue weighted by Gasteiger charge is 2.31. The quantitative estimate of drug-likeness (QED) is 0.544. The van der Waals surface area contributed by atoms with E-state index in [1.54, 1.807) is 4.90 Å². The van der Waals surface area contributed by atoms with Gasteiger partial charge in [0.15, 0.2) is 0 Å². The van der Waals surface area contributed by atoms with Crippen molar-refractivity contribution in [1.29, 1.82) is 0 Å². The lowest BCUT2D eigenvalue weighted by molar-refractivity contribution is -0.145. The Labute approximate surface area is 180 Å². The topological polar surface area (TPSA) is 53.8 Å². The van der Waals surface area contributed by atoms with E-state index in [-0.39, 0.29) is 24.3 Å². The maximum Gasteiger partial charge on any atom is 0.242 e. The first-order valence-electron chi connectivity index (χ1n) is 11.2. The zero-order valence-electron chi connectivity index (χ0n) is 18.3. The standard InChI is InChI=1S/C25H34N2O3/c1-3-4-16-27(25(29)22-11-8-12-22)19-24(28)26(18-23-14-13-20(2)30-23)17-15-21-9-6-5-7-10-21/h5-7,9-10,13-14,22H,3-4,8,11-12,15-19H2,1-2H3. The van der Waals surface area contributed by atoms with Gasteiger partial charge in [-0.3, -0.25) is 9.59 Å². The number of unbranched alkanes of at least 4 members (excludes halogenated alkanes) is 1. The van der Waals surface area contributed by atoms with E-state index in [1.807, 2.05) is 42.2 Å². The van der Waals surface area contributed by atoms with Crippen LogP contribution in [0, 0.1) is 12.8 Å². The van der Waals surface area contributed by atoms with Crippen LogP contribution in [-0.4, -0.2) is 41.2 Å². The molecule has 5 heteroatoms. The summed E-state index contributed by atoms with van der Waals surface area (Å²) in [6.45, 7) is 5.86. The second kappa shape index (κ2) is 11.0. The van der Waals surface area contributed by atoms with Gasteiger partial charge in [-0.25, -0.2) is 0 Å². The summed E-state index contributed by atoms with van der Waals surface area (Å²) in [5, 5.41) is 0. The molecule has 1 aliphatic rings. The molecule has 1 aromatic heterocycles. The average Bonchev–Trinajstić information content (AvgIpc) is 3.12. The minimum absolute atomic E-state index is 0.0104. The molecule has 2 aromatic rings. The highest BCUT2D eigenvalue weighted by Crippen LogP contribution is 2.28. The molecular formula is C25H34N2O3. The lowest BCUT2D eigenvalue weighted by Gasteiger charge is -2.33. The third-order valence-corrected chi connectivity index (χ3v) is 5.88. The summed E-state index contributed by atoms with van der Waals surface area (Å²) in [6, 6.07) is 14.0. The van der Waals surface area contributed by atoms with E-state index < -0.39 is 0 Å². The van der Waals surface area contributed by atoms with Crippen molar-refractivity contribution in [3.63, 3.8) is 0 Å². The molecule has 0 unspecified atom stereocenters. The number of rotatable bonds is 11. The molecule has 2 amide bonds. The minimum Gasteiger partial charge on any atom is -0.464 e. The molecule has 0 bridgehead atoms. The van der Waals surface area contributed by atoms with E-state index in [2.05, 4.69) is 19.1 Å². The molecule has 30 heavy (non-hydrogen) atoms. The van der Waals surface area contributed by atoms with E-state index in [4.69, 9.17) is 4.42 Å². The predicted octanol–water partition coefficient (Wildman–Crippen LogP) is 4.59. The number of benzene rings is 1. The highest BCUT2D eigenvalue weighted by atomic mass is 16.3. The van der Waals surface area contributed by atoms with Gasteiger partial charge < -0.3 is 14.2 Å². The number of nitrogens with zero attached hydrogens (tertiary/aromatic N) is 2. The number of carbonyl (C=O) groups excluding carboxylic acids is 2. The summed E-state index contributed by atoms with van der Waals surface area (Å²) in [5.74, 6) is 1.87. The summed E-state index contributed by atoms with van der Waals surface area (Å²) < 4.78 is 5.72. The number of furan rings is 1. The molecule has 5 nitrogen and oxygen atoms in total. The van der Waals surface area contributed by atoms with Gasteiger partial charge in [-0.2, -0.15) is 0 Å². The molecule has 1 saturated carbocycles. The van der Waals surface area contributed by atoms with Gasteiger partial charge in [0.25, 0.3) is 0 Å². The fourth-order valence-electron chi connectivity index (χ4n) is 3.75. The Morgan fingerprint density at radius 3 is 2.40 bits per heavy atom. The first-order chi connectivity index (χ1) is 14.6. The van der Waals surface area contributed by atoms with Crippen molar-refractivity contribution in [3.8, 4) is 0 Å². The van der Waals surface area contributed by atoms with Crippen LogP contribution in [0.15, 0.2) is 46.9 Å². The van der Waals surface area contributed by atoms with Crippen molar-refractivity contribution < 1.29 is 14.0 Å². The van der Waals surface area contributed by atoms with Crippen molar-refractivity contribution in [2.75, 3.05) is 19.6 Å². The van der Waals surface area contributed by atoms with Crippen LogP contribution in [-0.2, 0) is 22.6 Å². The lowest BCUT2D eigenvalue weighted by Crippen LogP contribution is -2.46. The maximum atomic E-state index is 13.3. The van der Waals surface area contributed by atoms with Gasteiger partial charge in [0.1, 0.15) is 11.5 Å².